The van der Waals surface area contributed by atoms with Crippen molar-refractivity contribution in [3.05, 3.63) is 99.1 Å². The van der Waals surface area contributed by atoms with Crippen LogP contribution in [0.3, 0.4) is 0 Å². The molecule has 0 aliphatic rings. The van der Waals surface area contributed by atoms with Gasteiger partial charge < -0.3 is 20.7 Å². The second kappa shape index (κ2) is 11.3. The molecule has 5 rings (SSSR count). The summed E-state index contributed by atoms with van der Waals surface area (Å²) in [6.45, 7) is 0.470. The van der Waals surface area contributed by atoms with Crippen molar-refractivity contribution in [3.8, 4) is 17.0 Å². The lowest BCUT2D eigenvalue weighted by molar-refractivity contribution is 0.262. The smallest absolute Gasteiger partial charge is 0.323 e. The number of carbonyl (C=O) groups is 1. The van der Waals surface area contributed by atoms with E-state index in [2.05, 4.69) is 37.0 Å². The molecule has 0 aliphatic heterocycles. The molecule has 0 unspecified atom stereocenters. The van der Waals surface area contributed by atoms with Crippen LogP contribution >= 0.6 is 39.1 Å². The quantitative estimate of drug-likeness (QED) is 0.175. The van der Waals surface area contributed by atoms with E-state index in [-0.39, 0.29) is 0 Å². The first-order chi connectivity index (χ1) is 18.4. The molecule has 3 N–H and O–H groups in total. The molecule has 11 heteroatoms. The predicted octanol–water partition coefficient (Wildman–Crippen LogP) is 7.73. The molecule has 3 aromatic carbocycles. The summed E-state index contributed by atoms with van der Waals surface area (Å²) in [5.41, 5.74) is 4.24. The first-order valence-electron chi connectivity index (χ1n) is 11.4. The topological polar surface area (TPSA) is 92.6 Å². The zero-order valence-corrected chi connectivity index (χ0v) is 23.1. The van der Waals surface area contributed by atoms with E-state index in [4.69, 9.17) is 32.9 Å². The number of benzene rings is 3. The van der Waals surface area contributed by atoms with Gasteiger partial charge in [-0.15, -0.1) is 0 Å². The molecule has 0 fully saturated rings. The van der Waals surface area contributed by atoms with Crippen LogP contribution in [0.25, 0.3) is 16.9 Å². The van der Waals surface area contributed by atoms with Crippen LogP contribution in [0.4, 0.5) is 22.0 Å². The maximum Gasteiger partial charge on any atom is 0.323 e. The Labute approximate surface area is 237 Å². The number of methoxy groups -OCH3 is 1. The number of halogens is 3. The molecule has 0 radical (unpaired) electrons. The lowest BCUT2D eigenvalue weighted by Gasteiger charge is -2.13. The molecule has 2 aromatic heterocycles. The first-order valence-corrected chi connectivity index (χ1v) is 13.0. The number of hydrogen-bond acceptors (Lipinski definition) is 5. The van der Waals surface area contributed by atoms with Gasteiger partial charge in [0.2, 0.25) is 0 Å². The van der Waals surface area contributed by atoms with Crippen LogP contribution in [-0.2, 0) is 6.54 Å². The zero-order chi connectivity index (χ0) is 26.6. The SMILES string of the molecule is COc1ccc(Cl)cc1NC(=O)Nc1cccc(CNc2cc(-c3ccccc3Cl)nc3c(Br)cnn23)c1. The number of aromatic nitrogens is 3. The summed E-state index contributed by atoms with van der Waals surface area (Å²) in [4.78, 5) is 17.4. The maximum atomic E-state index is 12.6. The number of anilines is 3. The van der Waals surface area contributed by atoms with Crippen LogP contribution in [0, 0.1) is 0 Å². The molecule has 5 aromatic rings. The van der Waals surface area contributed by atoms with Gasteiger partial charge in [0, 0.05) is 33.9 Å². The van der Waals surface area contributed by atoms with Crippen molar-refractivity contribution in [1.82, 2.24) is 14.6 Å². The maximum absolute atomic E-state index is 12.6. The Balaban J connectivity index is 1.33. The Morgan fingerprint density at radius 3 is 2.68 bits per heavy atom. The number of ether oxygens (including phenoxy) is 1. The van der Waals surface area contributed by atoms with Crippen LogP contribution in [0.2, 0.25) is 10.0 Å². The zero-order valence-electron chi connectivity index (χ0n) is 20.0. The molecule has 38 heavy (non-hydrogen) atoms. The van der Waals surface area contributed by atoms with Gasteiger partial charge in [-0.1, -0.05) is 53.5 Å². The number of urea groups is 1. The summed E-state index contributed by atoms with van der Waals surface area (Å²) >= 11 is 16.0. The highest BCUT2D eigenvalue weighted by atomic mass is 79.9. The molecule has 0 saturated carbocycles. The molecule has 2 heterocycles. The van der Waals surface area contributed by atoms with Crippen molar-refractivity contribution in [1.29, 1.82) is 0 Å². The number of nitrogens with zero attached hydrogens (tertiary/aromatic N) is 3. The van der Waals surface area contributed by atoms with Crippen molar-refractivity contribution in [2.24, 2.45) is 0 Å². The van der Waals surface area contributed by atoms with Gasteiger partial charge in [0.05, 0.1) is 29.2 Å². The third-order valence-electron chi connectivity index (χ3n) is 5.65. The lowest BCUT2D eigenvalue weighted by Crippen LogP contribution is -2.20. The van der Waals surface area contributed by atoms with Crippen LogP contribution in [0.1, 0.15) is 5.56 Å². The van der Waals surface area contributed by atoms with Crippen LogP contribution in [-0.4, -0.2) is 27.7 Å². The molecular weight excluding hydrogens is 591 g/mol. The van der Waals surface area contributed by atoms with Crippen LogP contribution < -0.4 is 20.7 Å². The first kappa shape index (κ1) is 25.8. The number of rotatable bonds is 7. The van der Waals surface area contributed by atoms with Gasteiger partial charge in [0.1, 0.15) is 11.6 Å². The molecule has 0 saturated heterocycles. The Bertz CT molecular complexity index is 1640. The highest BCUT2D eigenvalue weighted by Crippen LogP contribution is 2.31. The Morgan fingerprint density at radius 2 is 1.87 bits per heavy atom. The van der Waals surface area contributed by atoms with Gasteiger partial charge in [-0.3, -0.25) is 0 Å². The second-order valence-electron chi connectivity index (χ2n) is 8.21. The van der Waals surface area contributed by atoms with Crippen LogP contribution in [0.15, 0.2) is 83.5 Å². The molecule has 192 valence electrons. The number of hydrogen-bond donors (Lipinski definition) is 3. The lowest BCUT2D eigenvalue weighted by atomic mass is 10.1. The molecule has 0 spiro atoms. The van der Waals surface area contributed by atoms with Crippen molar-refractivity contribution >= 4 is 68.0 Å². The van der Waals surface area contributed by atoms with Crippen molar-refractivity contribution < 1.29 is 9.53 Å². The van der Waals surface area contributed by atoms with Gasteiger partial charge in [-0.25, -0.2) is 9.78 Å². The standard InChI is InChI=1S/C27H21BrCl2N6O2/c1-38-24-10-9-17(29)12-23(24)35-27(37)33-18-6-4-5-16(11-18)14-31-25-13-22(19-7-2-3-8-21(19)30)34-26-20(28)15-32-36(25)26/h2-13,15,31H,14H2,1H3,(H2,33,35,37). The summed E-state index contributed by atoms with van der Waals surface area (Å²) in [7, 11) is 1.53. The van der Waals surface area contributed by atoms with Gasteiger partial charge in [-0.2, -0.15) is 9.61 Å². The van der Waals surface area contributed by atoms with Gasteiger partial charge in [0.15, 0.2) is 5.65 Å². The van der Waals surface area contributed by atoms with E-state index < -0.39 is 6.03 Å². The fourth-order valence-electron chi connectivity index (χ4n) is 3.88. The minimum atomic E-state index is -0.419. The Hall–Kier alpha value is -3.79. The predicted molar refractivity (Wildman–Crippen MR) is 156 cm³/mol. The molecule has 0 bridgehead atoms. The summed E-state index contributed by atoms with van der Waals surface area (Å²) in [5, 5.41) is 14.6. The average molecular weight is 612 g/mol. The summed E-state index contributed by atoms with van der Waals surface area (Å²) in [6, 6.07) is 21.6. The fraction of sp³-hybridized carbons (Fsp3) is 0.0741. The van der Waals surface area contributed by atoms with Gasteiger partial charge in [-0.05, 0) is 57.9 Å². The molecule has 8 nitrogen and oxygen atoms in total. The van der Waals surface area contributed by atoms with Crippen molar-refractivity contribution in [2.75, 3.05) is 23.1 Å². The molecule has 0 aliphatic carbocycles. The second-order valence-corrected chi connectivity index (χ2v) is 9.91. The van der Waals surface area contributed by atoms with E-state index in [0.717, 1.165) is 27.1 Å². The molecular formula is C27H21BrCl2N6O2. The van der Waals surface area contributed by atoms with E-state index in [9.17, 15) is 4.79 Å². The van der Waals surface area contributed by atoms with Gasteiger partial charge >= 0.3 is 6.03 Å². The van der Waals surface area contributed by atoms with E-state index in [0.29, 0.717) is 39.4 Å². The molecule has 2 amide bonds. The Morgan fingerprint density at radius 1 is 1.03 bits per heavy atom. The third kappa shape index (κ3) is 5.70. The van der Waals surface area contributed by atoms with E-state index >= 15 is 0 Å². The van der Waals surface area contributed by atoms with E-state index in [1.165, 1.54) is 7.11 Å². The summed E-state index contributed by atoms with van der Waals surface area (Å²) < 4.78 is 7.78. The third-order valence-corrected chi connectivity index (χ3v) is 6.77. The average Bonchev–Trinajstić information content (AvgIpc) is 3.28. The normalized spacial score (nSPS) is 10.8. The van der Waals surface area contributed by atoms with E-state index in [1.807, 2.05) is 54.6 Å². The van der Waals surface area contributed by atoms with E-state index in [1.54, 1.807) is 28.9 Å². The fourth-order valence-corrected chi connectivity index (χ4v) is 4.64. The molecule has 0 atom stereocenters. The van der Waals surface area contributed by atoms with Crippen molar-refractivity contribution in [3.63, 3.8) is 0 Å². The largest absolute Gasteiger partial charge is 0.495 e. The summed E-state index contributed by atoms with van der Waals surface area (Å²) in [5.74, 6) is 1.24. The monoisotopic (exact) mass is 610 g/mol. The number of carbonyl (C=O) groups excluding carboxylic acids is 1. The number of nitrogens with one attached hydrogen (secondary N) is 3. The van der Waals surface area contributed by atoms with Gasteiger partial charge in [0.25, 0.3) is 0 Å². The number of fused-ring (bicyclic) bond motifs is 1. The van der Waals surface area contributed by atoms with Crippen LogP contribution in [0.5, 0.6) is 5.75 Å². The number of amides is 2. The Kier molecular flexibility index (Phi) is 7.69. The highest BCUT2D eigenvalue weighted by molar-refractivity contribution is 9.10. The highest BCUT2D eigenvalue weighted by Gasteiger charge is 2.14. The summed E-state index contributed by atoms with van der Waals surface area (Å²) in [6.07, 6.45) is 1.70. The minimum Gasteiger partial charge on any atom is -0.495 e. The minimum absolute atomic E-state index is 0.419. The van der Waals surface area contributed by atoms with Crippen molar-refractivity contribution in [2.45, 2.75) is 6.54 Å².